The molecular formula is C13H9FN6OS. The molecule has 0 aliphatic rings. The van der Waals surface area contributed by atoms with Gasteiger partial charge >= 0.3 is 0 Å². The van der Waals surface area contributed by atoms with Gasteiger partial charge in [-0.15, -0.1) is 0 Å². The lowest BCUT2D eigenvalue weighted by Crippen LogP contribution is -2.10. The van der Waals surface area contributed by atoms with Gasteiger partial charge in [0.05, 0.1) is 11.6 Å². The van der Waals surface area contributed by atoms with E-state index in [1.54, 1.807) is 6.07 Å². The van der Waals surface area contributed by atoms with Crippen molar-refractivity contribution in [3.05, 3.63) is 45.5 Å². The number of H-pyrrole nitrogens is 2. The summed E-state index contributed by atoms with van der Waals surface area (Å²) in [5, 5.41) is 9.47. The predicted molar refractivity (Wildman–Crippen MR) is 79.6 cm³/mol. The standard InChI is InChI=1S/C13H9FN6OS/c14-8-2-1-6(7(3-8)4-15)5-22-13-17-9-10(19-13)18-12(16)20-11(9)21/h1-3H,5H2,(H4,16,17,18,19,20,21). The van der Waals surface area contributed by atoms with Crippen LogP contribution in [0.15, 0.2) is 28.2 Å². The minimum absolute atomic E-state index is 0.00847. The van der Waals surface area contributed by atoms with Gasteiger partial charge in [-0.2, -0.15) is 10.2 Å². The number of hydrogen-bond acceptors (Lipinski definition) is 6. The van der Waals surface area contributed by atoms with E-state index < -0.39 is 11.4 Å². The lowest BCUT2D eigenvalue weighted by Gasteiger charge is -2.02. The van der Waals surface area contributed by atoms with E-state index in [0.717, 1.165) is 0 Å². The van der Waals surface area contributed by atoms with Gasteiger partial charge in [-0.1, -0.05) is 17.8 Å². The summed E-state index contributed by atoms with van der Waals surface area (Å²) in [6.45, 7) is 0. The highest BCUT2D eigenvalue weighted by Crippen LogP contribution is 2.23. The Bertz CT molecular complexity index is 957. The molecule has 22 heavy (non-hydrogen) atoms. The summed E-state index contributed by atoms with van der Waals surface area (Å²) in [5.74, 6) is -0.0674. The summed E-state index contributed by atoms with van der Waals surface area (Å²) in [4.78, 5) is 25.0. The molecule has 4 N–H and O–H groups in total. The monoisotopic (exact) mass is 316 g/mol. The van der Waals surface area contributed by atoms with Gasteiger partial charge in [-0.3, -0.25) is 9.78 Å². The molecular weight excluding hydrogens is 307 g/mol. The van der Waals surface area contributed by atoms with Gasteiger partial charge in [0.25, 0.3) is 5.56 Å². The van der Waals surface area contributed by atoms with Crippen molar-refractivity contribution in [3.63, 3.8) is 0 Å². The van der Waals surface area contributed by atoms with Crippen molar-refractivity contribution in [1.29, 1.82) is 5.26 Å². The van der Waals surface area contributed by atoms with E-state index in [1.165, 1.54) is 23.9 Å². The van der Waals surface area contributed by atoms with E-state index in [1.807, 2.05) is 6.07 Å². The molecule has 2 heterocycles. The van der Waals surface area contributed by atoms with E-state index in [2.05, 4.69) is 19.9 Å². The number of anilines is 1. The van der Waals surface area contributed by atoms with Crippen molar-refractivity contribution in [3.8, 4) is 6.07 Å². The first-order valence-electron chi connectivity index (χ1n) is 6.13. The Hall–Kier alpha value is -2.86. The number of halogens is 1. The van der Waals surface area contributed by atoms with E-state index in [-0.39, 0.29) is 22.7 Å². The Morgan fingerprint density at radius 3 is 2.95 bits per heavy atom. The number of hydrogen-bond donors (Lipinski definition) is 3. The lowest BCUT2D eigenvalue weighted by atomic mass is 10.1. The fraction of sp³-hybridized carbons (Fsp3) is 0.0769. The summed E-state index contributed by atoms with van der Waals surface area (Å²) >= 11 is 1.28. The fourth-order valence-electron chi connectivity index (χ4n) is 1.90. The van der Waals surface area contributed by atoms with E-state index in [4.69, 9.17) is 11.0 Å². The molecule has 0 fully saturated rings. The molecule has 0 aliphatic heterocycles. The summed E-state index contributed by atoms with van der Waals surface area (Å²) < 4.78 is 13.1. The Balaban J connectivity index is 1.87. The lowest BCUT2D eigenvalue weighted by molar-refractivity contribution is 0.627. The van der Waals surface area contributed by atoms with Crippen LogP contribution in [0.5, 0.6) is 0 Å². The van der Waals surface area contributed by atoms with Crippen molar-refractivity contribution >= 4 is 28.9 Å². The second-order valence-corrected chi connectivity index (χ2v) is 5.36. The molecule has 0 bridgehead atoms. The van der Waals surface area contributed by atoms with Crippen LogP contribution >= 0.6 is 11.8 Å². The van der Waals surface area contributed by atoms with Crippen LogP contribution in [-0.4, -0.2) is 19.9 Å². The number of nitriles is 1. The number of imidazole rings is 1. The minimum Gasteiger partial charge on any atom is -0.369 e. The molecule has 0 radical (unpaired) electrons. The Morgan fingerprint density at radius 1 is 1.36 bits per heavy atom. The number of benzene rings is 1. The van der Waals surface area contributed by atoms with Crippen LogP contribution in [0, 0.1) is 17.1 Å². The zero-order chi connectivity index (χ0) is 15.7. The van der Waals surface area contributed by atoms with E-state index in [9.17, 15) is 9.18 Å². The molecule has 7 nitrogen and oxygen atoms in total. The molecule has 0 amide bonds. The molecule has 0 saturated heterocycles. The molecule has 0 atom stereocenters. The number of fused-ring (bicyclic) bond motifs is 1. The number of rotatable bonds is 3. The van der Waals surface area contributed by atoms with E-state index >= 15 is 0 Å². The van der Waals surface area contributed by atoms with Crippen molar-refractivity contribution in [2.24, 2.45) is 0 Å². The van der Waals surface area contributed by atoms with Gasteiger partial charge in [0.15, 0.2) is 16.3 Å². The van der Waals surface area contributed by atoms with Crippen molar-refractivity contribution < 1.29 is 4.39 Å². The van der Waals surface area contributed by atoms with Gasteiger partial charge in [-0.25, -0.2) is 9.37 Å². The first-order valence-corrected chi connectivity index (χ1v) is 7.12. The highest BCUT2D eigenvalue weighted by Gasteiger charge is 2.10. The third-order valence-electron chi connectivity index (χ3n) is 2.91. The highest BCUT2D eigenvalue weighted by atomic mass is 32.2. The van der Waals surface area contributed by atoms with Gasteiger partial charge in [0, 0.05) is 5.75 Å². The molecule has 0 unspecified atom stereocenters. The molecule has 3 aromatic rings. The molecule has 0 spiro atoms. The van der Waals surface area contributed by atoms with Crippen LogP contribution in [0.3, 0.4) is 0 Å². The molecule has 1 aromatic carbocycles. The first-order chi connectivity index (χ1) is 10.6. The molecule has 0 aliphatic carbocycles. The Morgan fingerprint density at radius 2 is 2.18 bits per heavy atom. The summed E-state index contributed by atoms with van der Waals surface area (Å²) in [5.41, 5.74) is 6.45. The van der Waals surface area contributed by atoms with Crippen molar-refractivity contribution in [1.82, 2.24) is 19.9 Å². The number of nitrogens with zero attached hydrogens (tertiary/aromatic N) is 3. The maximum Gasteiger partial charge on any atom is 0.278 e. The third kappa shape index (κ3) is 2.64. The highest BCUT2D eigenvalue weighted by molar-refractivity contribution is 7.98. The topological polar surface area (TPSA) is 124 Å². The third-order valence-corrected chi connectivity index (χ3v) is 3.84. The minimum atomic E-state index is -0.458. The normalized spacial score (nSPS) is 10.7. The zero-order valence-corrected chi connectivity index (χ0v) is 11.9. The van der Waals surface area contributed by atoms with Crippen LogP contribution < -0.4 is 11.3 Å². The molecule has 2 aromatic heterocycles. The maximum absolute atomic E-state index is 13.1. The number of aromatic nitrogens is 4. The molecule has 3 rings (SSSR count). The molecule has 0 saturated carbocycles. The molecule has 9 heteroatoms. The average molecular weight is 316 g/mol. The largest absolute Gasteiger partial charge is 0.369 e. The second-order valence-electron chi connectivity index (χ2n) is 4.39. The maximum atomic E-state index is 13.1. The van der Waals surface area contributed by atoms with Crippen LogP contribution in [0.25, 0.3) is 11.2 Å². The van der Waals surface area contributed by atoms with Crippen LogP contribution in [0.1, 0.15) is 11.1 Å². The average Bonchev–Trinajstić information content (AvgIpc) is 2.89. The number of nitrogen functional groups attached to an aromatic ring is 1. The van der Waals surface area contributed by atoms with Gasteiger partial charge in [-0.05, 0) is 17.7 Å². The SMILES string of the molecule is N#Cc1cc(F)ccc1CSc1nc2nc(N)[nH]c(=O)c2[nH]1. The van der Waals surface area contributed by atoms with Crippen molar-refractivity contribution in [2.45, 2.75) is 10.9 Å². The molecule has 110 valence electrons. The van der Waals surface area contributed by atoms with Gasteiger partial charge < -0.3 is 10.7 Å². The zero-order valence-electron chi connectivity index (χ0n) is 11.1. The number of aromatic amines is 2. The van der Waals surface area contributed by atoms with Gasteiger partial charge in [0.2, 0.25) is 5.95 Å². The second kappa shape index (κ2) is 5.50. The van der Waals surface area contributed by atoms with Crippen molar-refractivity contribution in [2.75, 3.05) is 5.73 Å². The Kier molecular flexibility index (Phi) is 3.52. The number of nitrogens with two attached hydrogens (primary N) is 1. The first kappa shape index (κ1) is 14.1. The van der Waals surface area contributed by atoms with E-state index in [0.29, 0.717) is 16.5 Å². The van der Waals surface area contributed by atoms with Crippen LogP contribution in [-0.2, 0) is 5.75 Å². The summed E-state index contributed by atoms with van der Waals surface area (Å²) in [6.07, 6.45) is 0. The number of nitrogens with one attached hydrogen (secondary N) is 2. The summed E-state index contributed by atoms with van der Waals surface area (Å²) in [6, 6.07) is 5.97. The Labute approximate surface area is 127 Å². The predicted octanol–water partition coefficient (Wildman–Crippen LogP) is 1.53. The van der Waals surface area contributed by atoms with Crippen LogP contribution in [0.4, 0.5) is 10.3 Å². The van der Waals surface area contributed by atoms with Crippen LogP contribution in [0.2, 0.25) is 0 Å². The van der Waals surface area contributed by atoms with Gasteiger partial charge in [0.1, 0.15) is 5.82 Å². The summed E-state index contributed by atoms with van der Waals surface area (Å²) in [7, 11) is 0. The number of thioether (sulfide) groups is 1. The smallest absolute Gasteiger partial charge is 0.278 e. The fourth-order valence-corrected chi connectivity index (χ4v) is 2.77. The quantitative estimate of drug-likeness (QED) is 0.629.